The summed E-state index contributed by atoms with van der Waals surface area (Å²) in [7, 11) is 0. The molecule has 0 aliphatic rings. The van der Waals surface area contributed by atoms with Gasteiger partial charge in [0.25, 0.3) is 17.2 Å². The van der Waals surface area contributed by atoms with E-state index in [0.29, 0.717) is 16.5 Å². The molecular weight excluding hydrogens is 456 g/mol. The van der Waals surface area contributed by atoms with E-state index < -0.39 is 35.0 Å². The highest BCUT2D eigenvalue weighted by Gasteiger charge is 2.21. The Morgan fingerprint density at radius 3 is 2.82 bits per heavy atom. The number of carbonyl (C=O) groups excluding carboxylic acids is 2. The molecular formula is C21H15ClN4O7. The van der Waals surface area contributed by atoms with E-state index in [9.17, 15) is 24.5 Å². The molecule has 2 aromatic carbocycles. The van der Waals surface area contributed by atoms with Crippen LogP contribution in [0.15, 0.2) is 58.0 Å². The van der Waals surface area contributed by atoms with Crippen molar-refractivity contribution >= 4 is 56.9 Å². The first-order valence-corrected chi connectivity index (χ1v) is 9.93. The first-order chi connectivity index (χ1) is 15.7. The van der Waals surface area contributed by atoms with Gasteiger partial charge in [-0.1, -0.05) is 23.7 Å². The lowest BCUT2D eigenvalue weighted by molar-refractivity contribution is -0.384. The Balaban J connectivity index is 1.46. The molecule has 0 bridgehead atoms. The maximum Gasteiger partial charge on any atom is 0.326 e. The third kappa shape index (κ3) is 4.39. The second kappa shape index (κ2) is 8.71. The van der Waals surface area contributed by atoms with Gasteiger partial charge in [-0.25, -0.2) is 4.98 Å². The van der Waals surface area contributed by atoms with Crippen molar-refractivity contribution in [2.45, 2.75) is 19.6 Å². The van der Waals surface area contributed by atoms with Gasteiger partial charge in [-0.2, -0.15) is 0 Å². The number of hydrogen-bond donors (Lipinski definition) is 1. The number of nitro benzene ring substituents is 1. The number of para-hydroxylation sites is 1. The molecule has 1 atom stereocenters. The van der Waals surface area contributed by atoms with Gasteiger partial charge in [0.15, 0.2) is 6.10 Å². The molecule has 11 nitrogen and oxygen atoms in total. The molecule has 0 fully saturated rings. The van der Waals surface area contributed by atoms with E-state index in [4.69, 9.17) is 20.8 Å². The Morgan fingerprint density at radius 1 is 1.30 bits per heavy atom. The minimum Gasteiger partial charge on any atom is -0.451 e. The second-order valence-electron chi connectivity index (χ2n) is 7.00. The van der Waals surface area contributed by atoms with Crippen molar-refractivity contribution in [3.63, 3.8) is 0 Å². The first kappa shape index (κ1) is 22.0. The summed E-state index contributed by atoms with van der Waals surface area (Å²) < 4.78 is 11.7. The zero-order valence-corrected chi connectivity index (χ0v) is 17.7. The molecule has 0 saturated carbocycles. The van der Waals surface area contributed by atoms with E-state index in [0.717, 1.165) is 10.6 Å². The number of ether oxygens (including phenoxy) is 1. The van der Waals surface area contributed by atoms with Crippen LogP contribution in [0.5, 0.6) is 0 Å². The number of halogens is 1. The van der Waals surface area contributed by atoms with Crippen molar-refractivity contribution in [2.75, 3.05) is 5.32 Å². The summed E-state index contributed by atoms with van der Waals surface area (Å²) in [4.78, 5) is 51.8. The van der Waals surface area contributed by atoms with Gasteiger partial charge in [-0.15, -0.1) is 0 Å². The first-order valence-electron chi connectivity index (χ1n) is 9.55. The number of nitro groups is 1. The summed E-state index contributed by atoms with van der Waals surface area (Å²) in [5.41, 5.74) is 0.0114. The highest BCUT2D eigenvalue weighted by atomic mass is 35.5. The Bertz CT molecular complexity index is 1480. The monoisotopic (exact) mass is 470 g/mol. The van der Waals surface area contributed by atoms with Gasteiger partial charge < -0.3 is 14.5 Å². The maximum absolute atomic E-state index is 12.7. The Morgan fingerprint density at radius 2 is 2.06 bits per heavy atom. The van der Waals surface area contributed by atoms with E-state index in [1.54, 1.807) is 24.3 Å². The van der Waals surface area contributed by atoms with Crippen molar-refractivity contribution < 1.29 is 23.7 Å². The molecule has 4 rings (SSSR count). The average molecular weight is 471 g/mol. The van der Waals surface area contributed by atoms with Gasteiger partial charge in [0.1, 0.15) is 17.6 Å². The van der Waals surface area contributed by atoms with Crippen LogP contribution in [-0.4, -0.2) is 32.5 Å². The zero-order valence-electron chi connectivity index (χ0n) is 17.0. The zero-order chi connectivity index (χ0) is 23.7. The summed E-state index contributed by atoms with van der Waals surface area (Å²) in [6.45, 7) is 0.802. The topological polar surface area (TPSA) is 147 Å². The van der Waals surface area contributed by atoms with Crippen LogP contribution in [0.4, 0.5) is 11.4 Å². The van der Waals surface area contributed by atoms with E-state index in [-0.39, 0.29) is 22.0 Å². The largest absolute Gasteiger partial charge is 0.451 e. The predicted molar refractivity (Wildman–Crippen MR) is 118 cm³/mol. The third-order valence-electron chi connectivity index (χ3n) is 4.75. The number of aromatic nitrogens is 2. The molecule has 4 aromatic rings. The summed E-state index contributed by atoms with van der Waals surface area (Å²) in [6, 6.07) is 10.5. The minimum absolute atomic E-state index is 0.00222. The Labute approximate surface area is 189 Å². The lowest BCUT2D eigenvalue weighted by Crippen LogP contribution is -2.33. The molecule has 2 aromatic heterocycles. The highest BCUT2D eigenvalue weighted by molar-refractivity contribution is 6.33. The van der Waals surface area contributed by atoms with E-state index in [1.807, 2.05) is 0 Å². The number of nitrogens with one attached hydrogen (secondary N) is 1. The molecule has 0 spiro atoms. The quantitative estimate of drug-likeness (QED) is 0.256. The van der Waals surface area contributed by atoms with Gasteiger partial charge in [0.2, 0.25) is 5.58 Å². The van der Waals surface area contributed by atoms with E-state index in [2.05, 4.69) is 10.3 Å². The van der Waals surface area contributed by atoms with E-state index in [1.165, 1.54) is 25.4 Å². The molecule has 2 heterocycles. The smallest absolute Gasteiger partial charge is 0.326 e. The molecule has 168 valence electrons. The van der Waals surface area contributed by atoms with Crippen LogP contribution in [0.1, 0.15) is 6.92 Å². The molecule has 0 saturated heterocycles. The summed E-state index contributed by atoms with van der Waals surface area (Å²) in [5.74, 6) is -1.63. The number of carbonyl (C=O) groups is 2. The maximum atomic E-state index is 12.7. The molecule has 12 heteroatoms. The minimum atomic E-state index is -1.27. The van der Waals surface area contributed by atoms with Gasteiger partial charge >= 0.3 is 5.97 Å². The number of rotatable bonds is 6. The molecule has 1 amide bonds. The molecule has 0 aliphatic carbocycles. The number of fused-ring (bicyclic) bond motifs is 3. The molecule has 1 N–H and O–H groups in total. The van der Waals surface area contributed by atoms with Crippen molar-refractivity contribution in [1.29, 1.82) is 0 Å². The third-order valence-corrected chi connectivity index (χ3v) is 5.08. The lowest BCUT2D eigenvalue weighted by Gasteiger charge is -2.14. The van der Waals surface area contributed by atoms with Crippen LogP contribution in [0.25, 0.3) is 22.1 Å². The van der Waals surface area contributed by atoms with Crippen LogP contribution >= 0.6 is 11.6 Å². The number of amides is 1. The van der Waals surface area contributed by atoms with Crippen LogP contribution < -0.4 is 10.9 Å². The number of furan rings is 1. The van der Waals surface area contributed by atoms with Gasteiger partial charge in [0, 0.05) is 17.5 Å². The van der Waals surface area contributed by atoms with Crippen LogP contribution in [0.2, 0.25) is 5.02 Å². The van der Waals surface area contributed by atoms with E-state index >= 15 is 0 Å². The fourth-order valence-electron chi connectivity index (χ4n) is 3.11. The summed E-state index contributed by atoms with van der Waals surface area (Å²) >= 11 is 5.96. The van der Waals surface area contributed by atoms with Crippen molar-refractivity contribution in [3.05, 3.63) is 74.3 Å². The number of benzene rings is 2. The van der Waals surface area contributed by atoms with Gasteiger partial charge in [-0.05, 0) is 25.1 Å². The molecule has 33 heavy (non-hydrogen) atoms. The molecule has 1 unspecified atom stereocenters. The van der Waals surface area contributed by atoms with Crippen LogP contribution in [0, 0.1) is 10.1 Å². The number of non-ortho nitro benzene ring substituents is 1. The predicted octanol–water partition coefficient (Wildman–Crippen LogP) is 3.27. The standard InChI is InChI=1S/C21H15ClN4O7/c1-11(20(28)24-15-8-12(26(30)31)6-7-14(15)22)32-17(27)9-25-10-23-18-13-4-2-3-5-16(13)33-19(18)21(25)29/h2-8,10-11H,9H2,1H3,(H,24,28). The van der Waals surface area contributed by atoms with Crippen molar-refractivity contribution in [1.82, 2.24) is 9.55 Å². The van der Waals surface area contributed by atoms with Gasteiger partial charge in [0.05, 0.1) is 22.0 Å². The number of nitrogens with zero attached hydrogens (tertiary/aromatic N) is 3. The Kier molecular flexibility index (Phi) is 5.80. The average Bonchev–Trinajstić information content (AvgIpc) is 3.16. The highest BCUT2D eigenvalue weighted by Crippen LogP contribution is 2.27. The number of esters is 1. The van der Waals surface area contributed by atoms with Crippen molar-refractivity contribution in [2.24, 2.45) is 0 Å². The Hall–Kier alpha value is -4.25. The number of anilines is 1. The fourth-order valence-corrected chi connectivity index (χ4v) is 3.28. The SMILES string of the molecule is CC(OC(=O)Cn1cnc2c(oc3ccccc32)c1=O)C(=O)Nc1cc([N+](=O)[O-])ccc1Cl. The number of hydrogen-bond acceptors (Lipinski definition) is 8. The summed E-state index contributed by atoms with van der Waals surface area (Å²) in [6.07, 6.45) is -0.0759. The fraction of sp³-hybridized carbons (Fsp3) is 0.143. The van der Waals surface area contributed by atoms with Crippen LogP contribution in [-0.2, 0) is 20.9 Å². The molecule has 0 aliphatic heterocycles. The molecule has 0 radical (unpaired) electrons. The van der Waals surface area contributed by atoms with Crippen molar-refractivity contribution in [3.8, 4) is 0 Å². The van der Waals surface area contributed by atoms with Gasteiger partial charge in [-0.3, -0.25) is 29.1 Å². The second-order valence-corrected chi connectivity index (χ2v) is 7.40. The summed E-state index contributed by atoms with van der Waals surface area (Å²) in [5, 5.41) is 14.0. The lowest BCUT2D eigenvalue weighted by atomic mass is 10.2. The normalized spacial score (nSPS) is 11.9. The van der Waals surface area contributed by atoms with Crippen LogP contribution in [0.3, 0.4) is 0 Å².